The second-order valence-corrected chi connectivity index (χ2v) is 3.86. The fraction of sp³-hybridized carbons (Fsp3) is 0.250. The van der Waals surface area contributed by atoms with Crippen LogP contribution in [0.4, 0.5) is 5.82 Å². The van der Waals surface area contributed by atoms with Crippen molar-refractivity contribution in [1.29, 1.82) is 5.26 Å². The Kier molecular flexibility index (Phi) is 6.36. The van der Waals surface area contributed by atoms with Gasteiger partial charge in [0.15, 0.2) is 0 Å². The van der Waals surface area contributed by atoms with E-state index >= 15 is 0 Å². The molecule has 100 valence electrons. The number of rotatable bonds is 6. The average molecular weight is 281 g/mol. The third kappa shape index (κ3) is 5.38. The molecule has 0 aliphatic carbocycles. The lowest BCUT2D eigenvalue weighted by atomic mass is 10.3. The molecule has 7 heteroatoms. The number of aromatic nitrogens is 1. The van der Waals surface area contributed by atoms with Crippen LogP contribution in [-0.2, 0) is 9.53 Å². The van der Waals surface area contributed by atoms with E-state index in [-0.39, 0.29) is 5.57 Å². The average Bonchev–Trinajstić information content (AvgIpc) is 2.40. The standard InChI is InChI=1S/C12H13ClN4O2/c1-19-5-4-16-12(18)9(7-14)8-17-11-6-10(13)2-3-15-11/h2-3,6,8H,4-5H2,1H3,(H,15,17)(H,16,18)/b9-8-. The second kappa shape index (κ2) is 8.08. The summed E-state index contributed by atoms with van der Waals surface area (Å²) in [7, 11) is 1.53. The molecule has 0 unspecified atom stereocenters. The van der Waals surface area contributed by atoms with E-state index < -0.39 is 5.91 Å². The Bertz CT molecular complexity index is 511. The highest BCUT2D eigenvalue weighted by Crippen LogP contribution is 2.11. The van der Waals surface area contributed by atoms with Gasteiger partial charge in [-0.2, -0.15) is 5.26 Å². The largest absolute Gasteiger partial charge is 0.383 e. The van der Waals surface area contributed by atoms with Crippen molar-refractivity contribution in [2.45, 2.75) is 0 Å². The van der Waals surface area contributed by atoms with Crippen LogP contribution >= 0.6 is 11.6 Å². The van der Waals surface area contributed by atoms with Gasteiger partial charge in [-0.3, -0.25) is 4.79 Å². The highest BCUT2D eigenvalue weighted by molar-refractivity contribution is 6.30. The van der Waals surface area contributed by atoms with Gasteiger partial charge in [-0.05, 0) is 12.1 Å². The van der Waals surface area contributed by atoms with E-state index in [1.165, 1.54) is 19.5 Å². The molecular formula is C12H13ClN4O2. The second-order valence-electron chi connectivity index (χ2n) is 3.42. The molecule has 0 aromatic carbocycles. The lowest BCUT2D eigenvalue weighted by Crippen LogP contribution is -2.28. The summed E-state index contributed by atoms with van der Waals surface area (Å²) in [5.41, 5.74) is -0.0575. The first kappa shape index (κ1) is 15.0. The van der Waals surface area contributed by atoms with Crippen molar-refractivity contribution in [1.82, 2.24) is 10.3 Å². The van der Waals surface area contributed by atoms with E-state index in [4.69, 9.17) is 21.6 Å². The van der Waals surface area contributed by atoms with Gasteiger partial charge < -0.3 is 15.4 Å². The molecule has 1 aromatic rings. The summed E-state index contributed by atoms with van der Waals surface area (Å²) in [5, 5.41) is 14.7. The predicted octanol–water partition coefficient (Wildman–Crippen LogP) is 1.32. The molecule has 1 amide bonds. The third-order valence-electron chi connectivity index (χ3n) is 2.04. The number of hydrogen-bond acceptors (Lipinski definition) is 5. The van der Waals surface area contributed by atoms with Crippen LogP contribution in [0.15, 0.2) is 30.1 Å². The number of methoxy groups -OCH3 is 1. The topological polar surface area (TPSA) is 87.0 Å². The number of nitrogens with one attached hydrogen (secondary N) is 2. The number of anilines is 1. The Hall–Kier alpha value is -2.10. The van der Waals surface area contributed by atoms with Crippen molar-refractivity contribution in [2.75, 3.05) is 25.6 Å². The van der Waals surface area contributed by atoms with Crippen molar-refractivity contribution < 1.29 is 9.53 Å². The van der Waals surface area contributed by atoms with Crippen LogP contribution in [0.1, 0.15) is 0 Å². The molecule has 0 aliphatic heterocycles. The van der Waals surface area contributed by atoms with Crippen LogP contribution in [0.25, 0.3) is 0 Å². The number of pyridine rings is 1. The van der Waals surface area contributed by atoms with Crippen molar-refractivity contribution in [3.63, 3.8) is 0 Å². The Morgan fingerprint density at radius 3 is 3.11 bits per heavy atom. The zero-order chi connectivity index (χ0) is 14.1. The zero-order valence-electron chi connectivity index (χ0n) is 10.3. The van der Waals surface area contributed by atoms with E-state index in [2.05, 4.69) is 15.6 Å². The highest BCUT2D eigenvalue weighted by atomic mass is 35.5. The van der Waals surface area contributed by atoms with E-state index in [0.29, 0.717) is 24.0 Å². The molecule has 0 atom stereocenters. The van der Waals surface area contributed by atoms with Gasteiger partial charge in [0.05, 0.1) is 6.61 Å². The SMILES string of the molecule is COCCNC(=O)/C(C#N)=C\Nc1cc(Cl)ccn1. The Balaban J connectivity index is 2.62. The third-order valence-corrected chi connectivity index (χ3v) is 2.28. The molecule has 2 N–H and O–H groups in total. The molecule has 19 heavy (non-hydrogen) atoms. The molecule has 1 heterocycles. The number of ether oxygens (including phenoxy) is 1. The Labute approximate surface area is 116 Å². The predicted molar refractivity (Wildman–Crippen MR) is 71.5 cm³/mol. The minimum atomic E-state index is -0.478. The molecule has 1 rings (SSSR count). The molecule has 0 spiro atoms. The summed E-state index contributed by atoms with van der Waals surface area (Å²) in [5.74, 6) is -0.0287. The quantitative estimate of drug-likeness (QED) is 0.466. The Morgan fingerprint density at radius 2 is 2.47 bits per heavy atom. The first-order chi connectivity index (χ1) is 9.17. The molecular weight excluding hydrogens is 268 g/mol. The van der Waals surface area contributed by atoms with Crippen LogP contribution in [0.5, 0.6) is 0 Å². The Morgan fingerprint density at radius 1 is 1.68 bits per heavy atom. The number of nitriles is 1. The maximum absolute atomic E-state index is 11.6. The van der Waals surface area contributed by atoms with Crippen molar-refractivity contribution >= 4 is 23.3 Å². The first-order valence-electron chi connectivity index (χ1n) is 5.43. The summed E-state index contributed by atoms with van der Waals surface area (Å²) in [6.45, 7) is 0.720. The number of amides is 1. The number of hydrogen-bond donors (Lipinski definition) is 2. The summed E-state index contributed by atoms with van der Waals surface area (Å²) in [6, 6.07) is 5.00. The zero-order valence-corrected chi connectivity index (χ0v) is 11.1. The van der Waals surface area contributed by atoms with Crippen molar-refractivity contribution in [2.24, 2.45) is 0 Å². The normalized spacial score (nSPS) is 10.7. The van der Waals surface area contributed by atoms with Gasteiger partial charge in [0.1, 0.15) is 17.5 Å². The fourth-order valence-electron chi connectivity index (χ4n) is 1.14. The van der Waals surface area contributed by atoms with Gasteiger partial charge >= 0.3 is 0 Å². The molecule has 0 saturated heterocycles. The van der Waals surface area contributed by atoms with Crippen LogP contribution in [0.3, 0.4) is 0 Å². The summed E-state index contributed by atoms with van der Waals surface area (Å²) in [4.78, 5) is 15.6. The van der Waals surface area contributed by atoms with Crippen LogP contribution in [0, 0.1) is 11.3 Å². The smallest absolute Gasteiger partial charge is 0.263 e. The van der Waals surface area contributed by atoms with E-state index in [9.17, 15) is 4.79 Å². The summed E-state index contributed by atoms with van der Waals surface area (Å²) >= 11 is 5.78. The lowest BCUT2D eigenvalue weighted by Gasteiger charge is -2.04. The van der Waals surface area contributed by atoms with Crippen LogP contribution in [-0.4, -0.2) is 31.2 Å². The molecule has 0 saturated carbocycles. The lowest BCUT2D eigenvalue weighted by molar-refractivity contribution is -0.117. The van der Waals surface area contributed by atoms with Gasteiger partial charge in [0, 0.05) is 31.1 Å². The van der Waals surface area contributed by atoms with Crippen molar-refractivity contribution in [3.05, 3.63) is 35.1 Å². The molecule has 0 bridgehead atoms. The van der Waals surface area contributed by atoms with Crippen molar-refractivity contribution in [3.8, 4) is 6.07 Å². The minimum absolute atomic E-state index is 0.0575. The first-order valence-corrected chi connectivity index (χ1v) is 5.80. The van der Waals surface area contributed by atoms with Gasteiger partial charge in [-0.25, -0.2) is 4.98 Å². The highest BCUT2D eigenvalue weighted by Gasteiger charge is 2.07. The number of nitrogens with zero attached hydrogens (tertiary/aromatic N) is 2. The summed E-state index contributed by atoms with van der Waals surface area (Å²) in [6.07, 6.45) is 2.80. The fourth-order valence-corrected chi connectivity index (χ4v) is 1.30. The van der Waals surface area contributed by atoms with E-state index in [1.54, 1.807) is 18.2 Å². The molecule has 0 fully saturated rings. The molecule has 1 aromatic heterocycles. The maximum atomic E-state index is 11.6. The van der Waals surface area contributed by atoms with Gasteiger partial charge in [-0.15, -0.1) is 0 Å². The number of halogens is 1. The number of carbonyl (C=O) groups is 1. The maximum Gasteiger partial charge on any atom is 0.263 e. The van der Waals surface area contributed by atoms with Crippen LogP contribution < -0.4 is 10.6 Å². The van der Waals surface area contributed by atoms with Gasteiger partial charge in [0.2, 0.25) is 0 Å². The molecule has 0 radical (unpaired) electrons. The minimum Gasteiger partial charge on any atom is -0.383 e. The van der Waals surface area contributed by atoms with Crippen LogP contribution in [0.2, 0.25) is 5.02 Å². The van der Waals surface area contributed by atoms with E-state index in [0.717, 1.165) is 0 Å². The molecule has 0 aliphatic rings. The monoisotopic (exact) mass is 280 g/mol. The molecule has 6 nitrogen and oxygen atoms in total. The van der Waals surface area contributed by atoms with E-state index in [1.807, 2.05) is 0 Å². The number of carbonyl (C=O) groups excluding carboxylic acids is 1. The van der Waals surface area contributed by atoms with Gasteiger partial charge in [0.25, 0.3) is 5.91 Å². The summed E-state index contributed by atoms with van der Waals surface area (Å²) < 4.78 is 4.79. The van der Waals surface area contributed by atoms with Gasteiger partial charge in [-0.1, -0.05) is 11.6 Å².